The molecule has 1 saturated carbocycles. The van der Waals surface area contributed by atoms with Gasteiger partial charge in [0.1, 0.15) is 5.82 Å². The first kappa shape index (κ1) is 14.4. The predicted molar refractivity (Wildman–Crippen MR) is 81.8 cm³/mol. The Bertz CT molecular complexity index is 642. The second kappa shape index (κ2) is 5.34. The van der Waals surface area contributed by atoms with Gasteiger partial charge in [-0.3, -0.25) is 0 Å². The molecular weight excluding hydrogens is 291 g/mol. The second-order valence-corrected chi connectivity index (χ2v) is 6.40. The molecule has 21 heavy (non-hydrogen) atoms. The topological polar surface area (TPSA) is 52.0 Å². The lowest BCUT2D eigenvalue weighted by atomic mass is 9.72. The van der Waals surface area contributed by atoms with E-state index in [2.05, 4.69) is 12.1 Å². The third kappa shape index (κ3) is 2.42. The molecule has 2 aromatic rings. The molecule has 0 unspecified atom stereocenters. The summed E-state index contributed by atoms with van der Waals surface area (Å²) in [6.45, 7) is 2.13. The highest BCUT2D eigenvalue weighted by atomic mass is 35.5. The zero-order valence-corrected chi connectivity index (χ0v) is 12.7. The van der Waals surface area contributed by atoms with Crippen molar-refractivity contribution in [1.82, 2.24) is 5.16 Å². The zero-order chi connectivity index (χ0) is 15.0. The Hall–Kier alpha value is -1.55. The lowest BCUT2D eigenvalue weighted by Crippen LogP contribution is -2.25. The molecular formula is C16H18ClFN2O. The van der Waals surface area contributed by atoms with Gasteiger partial charge in [0, 0.05) is 11.0 Å². The van der Waals surface area contributed by atoms with Crippen LogP contribution in [-0.2, 0) is 5.41 Å². The van der Waals surface area contributed by atoms with Crippen LogP contribution in [-0.4, -0.2) is 5.16 Å². The summed E-state index contributed by atoms with van der Waals surface area (Å²) in [6.07, 6.45) is 5.44. The molecule has 5 heteroatoms. The molecule has 2 N–H and O–H groups in total. The molecule has 112 valence electrons. The summed E-state index contributed by atoms with van der Waals surface area (Å²) in [6, 6.07) is 4.60. The second-order valence-electron chi connectivity index (χ2n) is 5.99. The summed E-state index contributed by atoms with van der Waals surface area (Å²) < 4.78 is 19.8. The van der Waals surface area contributed by atoms with Gasteiger partial charge in [-0.2, -0.15) is 0 Å². The fourth-order valence-electron chi connectivity index (χ4n) is 3.25. The molecule has 1 aliphatic rings. The van der Waals surface area contributed by atoms with Crippen LogP contribution in [0.3, 0.4) is 0 Å². The summed E-state index contributed by atoms with van der Waals surface area (Å²) in [5.74, 6) is 0.452. The number of hydrogen-bond acceptors (Lipinski definition) is 3. The molecule has 0 spiro atoms. The van der Waals surface area contributed by atoms with E-state index in [0.29, 0.717) is 21.9 Å². The number of anilines is 1. The Morgan fingerprint density at radius 1 is 1.24 bits per heavy atom. The highest BCUT2D eigenvalue weighted by molar-refractivity contribution is 6.33. The SMILES string of the molecule is CC1(c2onc(N)c2-c2c(F)cccc2Cl)CCCCC1. The average Bonchev–Trinajstić information content (AvgIpc) is 2.82. The van der Waals surface area contributed by atoms with E-state index >= 15 is 0 Å². The number of hydrogen-bond donors (Lipinski definition) is 1. The van der Waals surface area contributed by atoms with Crippen molar-refractivity contribution in [2.24, 2.45) is 0 Å². The Morgan fingerprint density at radius 3 is 2.62 bits per heavy atom. The van der Waals surface area contributed by atoms with Crippen molar-refractivity contribution in [2.75, 3.05) is 5.73 Å². The van der Waals surface area contributed by atoms with E-state index in [1.165, 1.54) is 12.5 Å². The van der Waals surface area contributed by atoms with Crippen LogP contribution in [0.15, 0.2) is 22.7 Å². The minimum absolute atomic E-state index is 0.163. The van der Waals surface area contributed by atoms with Crippen molar-refractivity contribution >= 4 is 17.4 Å². The monoisotopic (exact) mass is 308 g/mol. The summed E-state index contributed by atoms with van der Waals surface area (Å²) in [7, 11) is 0. The number of nitrogens with two attached hydrogens (primary N) is 1. The van der Waals surface area contributed by atoms with Gasteiger partial charge < -0.3 is 10.3 Å². The van der Waals surface area contributed by atoms with Crippen molar-refractivity contribution in [2.45, 2.75) is 44.4 Å². The molecule has 1 fully saturated rings. The average molecular weight is 309 g/mol. The van der Waals surface area contributed by atoms with Crippen LogP contribution in [0.2, 0.25) is 5.02 Å². The number of nitrogens with zero attached hydrogens (tertiary/aromatic N) is 1. The fraction of sp³-hybridized carbons (Fsp3) is 0.438. The van der Waals surface area contributed by atoms with Crippen molar-refractivity contribution < 1.29 is 8.91 Å². The lowest BCUT2D eigenvalue weighted by Gasteiger charge is -2.31. The van der Waals surface area contributed by atoms with E-state index in [4.69, 9.17) is 21.9 Å². The number of aromatic nitrogens is 1. The third-order valence-electron chi connectivity index (χ3n) is 4.44. The predicted octanol–water partition coefficient (Wildman–Crippen LogP) is 4.94. The smallest absolute Gasteiger partial charge is 0.175 e. The van der Waals surface area contributed by atoms with Gasteiger partial charge in [-0.1, -0.05) is 49.0 Å². The summed E-state index contributed by atoms with van der Waals surface area (Å²) in [4.78, 5) is 0. The van der Waals surface area contributed by atoms with E-state index < -0.39 is 5.82 Å². The van der Waals surface area contributed by atoms with Crippen LogP contribution in [0.5, 0.6) is 0 Å². The van der Waals surface area contributed by atoms with Crippen molar-refractivity contribution in [3.8, 4) is 11.1 Å². The van der Waals surface area contributed by atoms with Gasteiger partial charge in [-0.15, -0.1) is 0 Å². The molecule has 1 aliphatic carbocycles. The quantitative estimate of drug-likeness (QED) is 0.855. The normalized spacial score (nSPS) is 17.9. The first-order valence-electron chi connectivity index (χ1n) is 7.23. The van der Waals surface area contributed by atoms with Crippen molar-refractivity contribution in [1.29, 1.82) is 0 Å². The molecule has 3 rings (SSSR count). The number of nitrogen functional groups attached to an aromatic ring is 1. The van der Waals surface area contributed by atoms with E-state index in [-0.39, 0.29) is 11.2 Å². The minimum Gasteiger partial charge on any atom is -0.380 e. The van der Waals surface area contributed by atoms with Gasteiger partial charge >= 0.3 is 0 Å². The van der Waals surface area contributed by atoms with Gasteiger partial charge in [0.05, 0.1) is 10.6 Å². The van der Waals surface area contributed by atoms with Gasteiger partial charge in [0.15, 0.2) is 11.6 Å². The summed E-state index contributed by atoms with van der Waals surface area (Å²) in [5, 5.41) is 4.20. The maximum absolute atomic E-state index is 14.3. The van der Waals surface area contributed by atoms with Crippen LogP contribution in [0.25, 0.3) is 11.1 Å². The lowest BCUT2D eigenvalue weighted by molar-refractivity contribution is 0.241. The van der Waals surface area contributed by atoms with E-state index in [0.717, 1.165) is 25.7 Å². The first-order valence-corrected chi connectivity index (χ1v) is 7.61. The molecule has 1 aromatic heterocycles. The van der Waals surface area contributed by atoms with Crippen LogP contribution < -0.4 is 5.73 Å². The van der Waals surface area contributed by atoms with Crippen LogP contribution in [0.4, 0.5) is 10.2 Å². The molecule has 0 aliphatic heterocycles. The summed E-state index contributed by atoms with van der Waals surface area (Å²) in [5.41, 5.74) is 6.59. The largest absolute Gasteiger partial charge is 0.380 e. The molecule has 0 atom stereocenters. The third-order valence-corrected chi connectivity index (χ3v) is 4.75. The highest BCUT2D eigenvalue weighted by Gasteiger charge is 2.37. The Morgan fingerprint density at radius 2 is 1.95 bits per heavy atom. The van der Waals surface area contributed by atoms with E-state index in [1.807, 2.05) is 0 Å². The van der Waals surface area contributed by atoms with Crippen LogP contribution in [0, 0.1) is 5.82 Å². The van der Waals surface area contributed by atoms with Crippen molar-refractivity contribution in [3.63, 3.8) is 0 Å². The molecule has 1 heterocycles. The Kier molecular flexibility index (Phi) is 3.66. The molecule has 0 amide bonds. The number of rotatable bonds is 2. The van der Waals surface area contributed by atoms with Gasteiger partial charge in [0.2, 0.25) is 0 Å². The van der Waals surface area contributed by atoms with Gasteiger partial charge in [0.25, 0.3) is 0 Å². The van der Waals surface area contributed by atoms with Gasteiger partial charge in [-0.25, -0.2) is 4.39 Å². The van der Waals surface area contributed by atoms with Crippen molar-refractivity contribution in [3.05, 3.63) is 34.8 Å². The Balaban J connectivity index is 2.18. The Labute approximate surface area is 128 Å². The summed E-state index contributed by atoms with van der Waals surface area (Å²) >= 11 is 6.18. The van der Waals surface area contributed by atoms with Gasteiger partial charge in [-0.05, 0) is 25.0 Å². The molecule has 0 bridgehead atoms. The first-order chi connectivity index (χ1) is 10.0. The van der Waals surface area contributed by atoms with E-state index in [1.54, 1.807) is 12.1 Å². The van der Waals surface area contributed by atoms with Crippen LogP contribution >= 0.6 is 11.6 Å². The highest BCUT2D eigenvalue weighted by Crippen LogP contribution is 2.46. The fourth-order valence-corrected chi connectivity index (χ4v) is 3.51. The molecule has 0 radical (unpaired) electrons. The number of halogens is 2. The van der Waals surface area contributed by atoms with E-state index in [9.17, 15) is 4.39 Å². The standard InChI is InChI=1S/C16H18ClFN2O/c1-16(8-3-2-4-9-16)14-13(15(19)20-21-14)12-10(17)6-5-7-11(12)18/h5-7H,2-4,8-9H2,1H3,(H2,19,20). The molecule has 3 nitrogen and oxygen atoms in total. The molecule has 1 aromatic carbocycles. The number of benzene rings is 1. The maximum atomic E-state index is 14.3. The molecule has 0 saturated heterocycles. The zero-order valence-electron chi connectivity index (χ0n) is 12.0. The maximum Gasteiger partial charge on any atom is 0.175 e. The minimum atomic E-state index is -0.405. The van der Waals surface area contributed by atoms with Crippen LogP contribution in [0.1, 0.15) is 44.8 Å².